The molecule has 0 aliphatic heterocycles. The molecule has 1 N–H and O–H groups in total. The number of anilines is 1. The number of hydrogen-bond donors (Lipinski definition) is 1. The third-order valence-corrected chi connectivity index (χ3v) is 3.91. The number of amides is 1. The van der Waals surface area contributed by atoms with Gasteiger partial charge < -0.3 is 5.32 Å². The smallest absolute Gasteiger partial charge is 0.266 e. The number of benzene rings is 2. The fourth-order valence-corrected chi connectivity index (χ4v) is 2.60. The Morgan fingerprint density at radius 2 is 1.95 bits per heavy atom. The Balaban J connectivity index is 2.22. The van der Waals surface area contributed by atoms with Gasteiger partial charge in [0.05, 0.1) is 0 Å². The van der Waals surface area contributed by atoms with E-state index in [1.165, 1.54) is 6.08 Å². The third-order valence-electron chi connectivity index (χ3n) is 2.98. The van der Waals surface area contributed by atoms with E-state index in [-0.39, 0.29) is 5.57 Å². The molecule has 22 heavy (non-hydrogen) atoms. The quantitative estimate of drug-likeness (QED) is 0.439. The molecule has 0 heterocycles. The van der Waals surface area contributed by atoms with Gasteiger partial charge in [0.1, 0.15) is 11.6 Å². The molecule has 0 saturated carbocycles. The highest BCUT2D eigenvalue weighted by molar-refractivity contribution is 14.1. The van der Waals surface area contributed by atoms with Crippen molar-refractivity contribution >= 4 is 51.9 Å². The van der Waals surface area contributed by atoms with Crippen LogP contribution in [0.3, 0.4) is 0 Å². The lowest BCUT2D eigenvalue weighted by Gasteiger charge is -2.08. The Morgan fingerprint density at radius 3 is 2.55 bits per heavy atom. The number of hydrogen-bond acceptors (Lipinski definition) is 2. The molecule has 5 heteroatoms. The third kappa shape index (κ3) is 4.33. The van der Waals surface area contributed by atoms with Crippen molar-refractivity contribution in [3.8, 4) is 6.07 Å². The summed E-state index contributed by atoms with van der Waals surface area (Å²) in [6.07, 6.45) is 1.54. The van der Waals surface area contributed by atoms with Crippen molar-refractivity contribution in [3.63, 3.8) is 0 Å². The van der Waals surface area contributed by atoms with Crippen molar-refractivity contribution < 1.29 is 4.79 Å². The molecule has 0 aromatic heterocycles. The summed E-state index contributed by atoms with van der Waals surface area (Å²) in [6.45, 7) is 1.91. The standard InChI is InChI=1S/C17H12ClIN2O/c1-11-8-15(19)6-7-16(11)21-17(22)13(10-20)9-12-2-4-14(18)5-3-12/h2-9H,1H3,(H,21,22). The van der Waals surface area contributed by atoms with Crippen LogP contribution in [0.25, 0.3) is 6.08 Å². The molecule has 0 unspecified atom stereocenters. The summed E-state index contributed by atoms with van der Waals surface area (Å²) in [6, 6.07) is 14.6. The van der Waals surface area contributed by atoms with E-state index in [1.54, 1.807) is 24.3 Å². The van der Waals surface area contributed by atoms with E-state index in [2.05, 4.69) is 27.9 Å². The number of carbonyl (C=O) groups is 1. The maximum Gasteiger partial charge on any atom is 0.266 e. The van der Waals surface area contributed by atoms with Crippen LogP contribution in [0.4, 0.5) is 5.69 Å². The molecule has 0 spiro atoms. The molecule has 2 aromatic rings. The summed E-state index contributed by atoms with van der Waals surface area (Å²) in [4.78, 5) is 12.2. The monoisotopic (exact) mass is 422 g/mol. The summed E-state index contributed by atoms with van der Waals surface area (Å²) in [7, 11) is 0. The lowest BCUT2D eigenvalue weighted by atomic mass is 10.1. The predicted molar refractivity (Wildman–Crippen MR) is 97.6 cm³/mol. The Morgan fingerprint density at radius 1 is 1.27 bits per heavy atom. The normalized spacial score (nSPS) is 10.9. The van der Waals surface area contributed by atoms with Crippen molar-refractivity contribution in [1.29, 1.82) is 5.26 Å². The first-order chi connectivity index (χ1) is 10.5. The first-order valence-electron chi connectivity index (χ1n) is 6.44. The summed E-state index contributed by atoms with van der Waals surface area (Å²) in [5.41, 5.74) is 2.43. The Labute approximate surface area is 147 Å². The molecular formula is C17H12ClIN2O. The Bertz CT molecular complexity index is 776. The van der Waals surface area contributed by atoms with Gasteiger partial charge in [-0.3, -0.25) is 4.79 Å². The maximum absolute atomic E-state index is 12.2. The number of nitriles is 1. The van der Waals surface area contributed by atoms with E-state index in [9.17, 15) is 10.1 Å². The maximum atomic E-state index is 12.2. The van der Waals surface area contributed by atoms with E-state index in [1.807, 2.05) is 31.2 Å². The first kappa shape index (κ1) is 16.5. The highest BCUT2D eigenvalue weighted by Crippen LogP contribution is 2.19. The second-order valence-corrected chi connectivity index (χ2v) is 6.32. The molecule has 2 aromatic carbocycles. The van der Waals surface area contributed by atoms with Gasteiger partial charge in [-0.25, -0.2) is 0 Å². The topological polar surface area (TPSA) is 52.9 Å². The minimum atomic E-state index is -0.429. The van der Waals surface area contributed by atoms with Crippen LogP contribution in [0.2, 0.25) is 5.02 Å². The van der Waals surface area contributed by atoms with Gasteiger partial charge in [-0.15, -0.1) is 0 Å². The van der Waals surface area contributed by atoms with Gasteiger partial charge in [0, 0.05) is 14.3 Å². The average molecular weight is 423 g/mol. The van der Waals surface area contributed by atoms with Crippen LogP contribution in [0.5, 0.6) is 0 Å². The van der Waals surface area contributed by atoms with Gasteiger partial charge in [0.2, 0.25) is 0 Å². The van der Waals surface area contributed by atoms with Crippen LogP contribution < -0.4 is 5.32 Å². The van der Waals surface area contributed by atoms with Crippen molar-refractivity contribution in [2.75, 3.05) is 5.32 Å². The van der Waals surface area contributed by atoms with Crippen molar-refractivity contribution in [2.45, 2.75) is 6.92 Å². The fraction of sp³-hybridized carbons (Fsp3) is 0.0588. The summed E-state index contributed by atoms with van der Waals surface area (Å²) < 4.78 is 1.09. The van der Waals surface area contributed by atoms with E-state index in [0.717, 1.165) is 14.7 Å². The van der Waals surface area contributed by atoms with Gasteiger partial charge in [-0.2, -0.15) is 5.26 Å². The van der Waals surface area contributed by atoms with Crippen LogP contribution in [-0.2, 0) is 4.79 Å². The van der Waals surface area contributed by atoms with Gasteiger partial charge in [0.25, 0.3) is 5.91 Å². The molecule has 110 valence electrons. The number of rotatable bonds is 3. The zero-order valence-electron chi connectivity index (χ0n) is 11.7. The molecule has 1 amide bonds. The van der Waals surface area contributed by atoms with E-state index in [4.69, 9.17) is 11.6 Å². The molecule has 0 bridgehead atoms. The summed E-state index contributed by atoms with van der Waals surface area (Å²) in [5, 5.41) is 12.6. The van der Waals surface area contributed by atoms with Crippen LogP contribution in [0.1, 0.15) is 11.1 Å². The minimum Gasteiger partial charge on any atom is -0.321 e. The molecule has 3 nitrogen and oxygen atoms in total. The first-order valence-corrected chi connectivity index (χ1v) is 7.90. The zero-order valence-corrected chi connectivity index (χ0v) is 14.6. The number of halogens is 2. The molecule has 0 aliphatic rings. The zero-order chi connectivity index (χ0) is 16.1. The Kier molecular flexibility index (Phi) is 5.58. The molecule has 0 atom stereocenters. The molecule has 2 rings (SSSR count). The molecule has 0 fully saturated rings. The molecule has 0 radical (unpaired) electrons. The number of carbonyl (C=O) groups excluding carboxylic acids is 1. The van der Waals surface area contributed by atoms with Gasteiger partial charge in [0.15, 0.2) is 0 Å². The van der Waals surface area contributed by atoms with Crippen LogP contribution in [0.15, 0.2) is 48.0 Å². The number of nitrogens with one attached hydrogen (secondary N) is 1. The lowest BCUT2D eigenvalue weighted by Crippen LogP contribution is -2.14. The predicted octanol–water partition coefficient (Wildman–Crippen LogP) is 4.80. The summed E-state index contributed by atoms with van der Waals surface area (Å²) >= 11 is 8.02. The van der Waals surface area contributed by atoms with Gasteiger partial charge >= 0.3 is 0 Å². The SMILES string of the molecule is Cc1cc(I)ccc1NC(=O)C(C#N)=Cc1ccc(Cl)cc1. The van der Waals surface area contributed by atoms with E-state index < -0.39 is 5.91 Å². The van der Waals surface area contributed by atoms with E-state index >= 15 is 0 Å². The lowest BCUT2D eigenvalue weighted by molar-refractivity contribution is -0.112. The highest BCUT2D eigenvalue weighted by Gasteiger charge is 2.11. The van der Waals surface area contributed by atoms with Gasteiger partial charge in [-0.05, 0) is 77.0 Å². The highest BCUT2D eigenvalue weighted by atomic mass is 127. The second-order valence-electron chi connectivity index (χ2n) is 4.63. The minimum absolute atomic E-state index is 0.0419. The molecular weight excluding hydrogens is 411 g/mol. The number of aryl methyl sites for hydroxylation is 1. The van der Waals surface area contributed by atoms with Crippen molar-refractivity contribution in [1.82, 2.24) is 0 Å². The van der Waals surface area contributed by atoms with Gasteiger partial charge in [-0.1, -0.05) is 23.7 Å². The van der Waals surface area contributed by atoms with Crippen molar-refractivity contribution in [2.24, 2.45) is 0 Å². The van der Waals surface area contributed by atoms with Crippen LogP contribution in [-0.4, -0.2) is 5.91 Å². The fourth-order valence-electron chi connectivity index (χ4n) is 1.83. The Hall–Kier alpha value is -1.84. The van der Waals surface area contributed by atoms with E-state index in [0.29, 0.717) is 10.7 Å². The summed E-state index contributed by atoms with van der Waals surface area (Å²) in [5.74, 6) is -0.429. The second kappa shape index (κ2) is 7.43. The molecule has 0 saturated heterocycles. The average Bonchev–Trinajstić information content (AvgIpc) is 2.49. The number of nitrogens with zero attached hydrogens (tertiary/aromatic N) is 1. The largest absolute Gasteiger partial charge is 0.321 e. The van der Waals surface area contributed by atoms with Crippen molar-refractivity contribution in [3.05, 3.63) is 67.8 Å². The molecule has 0 aliphatic carbocycles. The van der Waals surface area contributed by atoms with Crippen LogP contribution in [0, 0.1) is 21.8 Å². The van der Waals surface area contributed by atoms with Crippen LogP contribution >= 0.6 is 34.2 Å².